The van der Waals surface area contributed by atoms with Gasteiger partial charge in [-0.05, 0) is 36.4 Å². The molecule has 0 saturated carbocycles. The number of hydrogen-bond donors (Lipinski definition) is 3. The number of carboxylic acid groups (broad SMARTS) is 1. The molecule has 6 nitrogen and oxygen atoms in total. The van der Waals surface area contributed by atoms with Crippen LogP contribution >= 0.6 is 0 Å². The van der Waals surface area contributed by atoms with Gasteiger partial charge in [-0.2, -0.15) is 0 Å². The lowest BCUT2D eigenvalue weighted by Crippen LogP contribution is -2.42. The fourth-order valence-electron chi connectivity index (χ4n) is 1.72. The Morgan fingerprint density at radius 2 is 1.36 bits per heavy atom. The first-order valence-electron chi connectivity index (χ1n) is 6.17. The van der Waals surface area contributed by atoms with E-state index < -0.39 is 23.6 Å². The molecule has 0 aromatic heterocycles. The van der Waals surface area contributed by atoms with Crippen LogP contribution in [0.4, 0.5) is 4.39 Å². The number of amides is 2. The monoisotopic (exact) mass is 302 g/mol. The van der Waals surface area contributed by atoms with E-state index in [0.29, 0.717) is 0 Å². The quantitative estimate of drug-likeness (QED) is 0.750. The summed E-state index contributed by atoms with van der Waals surface area (Å²) in [4.78, 5) is 34.7. The minimum Gasteiger partial charge on any atom is -0.478 e. The standard InChI is InChI=1S/C15H11FN2O4/c16-10-7-5-9(6-8-10)13(19)17-18-14(20)11-3-1-2-4-12(11)15(21)22/h1-8H,(H,17,19)(H,18,20)(H,21,22). The van der Waals surface area contributed by atoms with Crippen LogP contribution in [-0.4, -0.2) is 22.9 Å². The van der Waals surface area contributed by atoms with Crippen LogP contribution in [0.15, 0.2) is 48.5 Å². The van der Waals surface area contributed by atoms with Crippen LogP contribution in [0.3, 0.4) is 0 Å². The highest BCUT2D eigenvalue weighted by Gasteiger charge is 2.16. The molecular formula is C15H11FN2O4. The molecule has 0 unspecified atom stereocenters. The Morgan fingerprint density at radius 3 is 1.95 bits per heavy atom. The van der Waals surface area contributed by atoms with Gasteiger partial charge in [-0.1, -0.05) is 12.1 Å². The third-order valence-corrected chi connectivity index (χ3v) is 2.80. The average molecular weight is 302 g/mol. The minimum absolute atomic E-state index is 0.0885. The van der Waals surface area contributed by atoms with E-state index >= 15 is 0 Å². The van der Waals surface area contributed by atoms with Crippen molar-refractivity contribution < 1.29 is 23.9 Å². The van der Waals surface area contributed by atoms with E-state index in [1.807, 2.05) is 0 Å². The molecule has 0 aliphatic rings. The van der Waals surface area contributed by atoms with Gasteiger partial charge in [-0.25, -0.2) is 9.18 Å². The molecule has 112 valence electrons. The van der Waals surface area contributed by atoms with Crippen LogP contribution in [0.5, 0.6) is 0 Å². The predicted molar refractivity (Wildman–Crippen MR) is 74.7 cm³/mol. The van der Waals surface area contributed by atoms with Gasteiger partial charge in [0.05, 0.1) is 11.1 Å². The summed E-state index contributed by atoms with van der Waals surface area (Å²) in [7, 11) is 0. The Hall–Kier alpha value is -3.22. The van der Waals surface area contributed by atoms with Crippen molar-refractivity contribution in [3.8, 4) is 0 Å². The lowest BCUT2D eigenvalue weighted by atomic mass is 10.1. The zero-order valence-corrected chi connectivity index (χ0v) is 11.2. The molecule has 2 aromatic rings. The lowest BCUT2D eigenvalue weighted by molar-refractivity contribution is 0.0690. The van der Waals surface area contributed by atoms with E-state index in [2.05, 4.69) is 10.9 Å². The molecule has 0 fully saturated rings. The number of hydrazine groups is 1. The number of halogens is 1. The first-order chi connectivity index (χ1) is 10.5. The van der Waals surface area contributed by atoms with Crippen LogP contribution < -0.4 is 10.9 Å². The van der Waals surface area contributed by atoms with Crippen molar-refractivity contribution in [2.45, 2.75) is 0 Å². The molecule has 0 atom stereocenters. The van der Waals surface area contributed by atoms with Crippen LogP contribution in [0, 0.1) is 5.82 Å². The molecule has 0 radical (unpaired) electrons. The highest BCUT2D eigenvalue weighted by atomic mass is 19.1. The third-order valence-electron chi connectivity index (χ3n) is 2.80. The molecule has 7 heteroatoms. The average Bonchev–Trinajstić information content (AvgIpc) is 2.53. The first-order valence-corrected chi connectivity index (χ1v) is 6.17. The largest absolute Gasteiger partial charge is 0.478 e. The third kappa shape index (κ3) is 3.45. The Morgan fingerprint density at radius 1 is 0.818 bits per heavy atom. The van der Waals surface area contributed by atoms with Gasteiger partial charge in [0.1, 0.15) is 5.82 Å². The summed E-state index contributed by atoms with van der Waals surface area (Å²) in [5.41, 5.74) is 4.11. The van der Waals surface area contributed by atoms with Crippen molar-refractivity contribution >= 4 is 17.8 Å². The maximum absolute atomic E-state index is 12.7. The topological polar surface area (TPSA) is 95.5 Å². The van der Waals surface area contributed by atoms with Crippen LogP contribution in [0.25, 0.3) is 0 Å². The van der Waals surface area contributed by atoms with Crippen LogP contribution in [-0.2, 0) is 0 Å². The van der Waals surface area contributed by atoms with E-state index in [0.717, 1.165) is 12.1 Å². The molecule has 2 aromatic carbocycles. The lowest BCUT2D eigenvalue weighted by Gasteiger charge is -2.09. The predicted octanol–water partition coefficient (Wildman–Crippen LogP) is 1.60. The van der Waals surface area contributed by atoms with Crippen molar-refractivity contribution in [2.24, 2.45) is 0 Å². The van der Waals surface area contributed by atoms with Gasteiger partial charge in [0.2, 0.25) is 0 Å². The molecule has 0 saturated heterocycles. The van der Waals surface area contributed by atoms with E-state index in [1.165, 1.54) is 36.4 Å². The Balaban J connectivity index is 2.06. The normalized spacial score (nSPS) is 9.86. The van der Waals surface area contributed by atoms with Crippen molar-refractivity contribution in [2.75, 3.05) is 0 Å². The summed E-state index contributed by atoms with van der Waals surface area (Å²) in [6, 6.07) is 10.3. The van der Waals surface area contributed by atoms with Crippen molar-refractivity contribution in [1.82, 2.24) is 10.9 Å². The fraction of sp³-hybridized carbons (Fsp3) is 0. The number of carbonyl (C=O) groups excluding carboxylic acids is 2. The summed E-state index contributed by atoms with van der Waals surface area (Å²) >= 11 is 0. The Labute approximate surface area is 124 Å². The first kappa shape index (κ1) is 15.2. The Kier molecular flexibility index (Phi) is 4.47. The zero-order valence-electron chi connectivity index (χ0n) is 11.2. The second kappa shape index (κ2) is 6.49. The molecule has 3 N–H and O–H groups in total. The van der Waals surface area contributed by atoms with E-state index in [-0.39, 0.29) is 16.7 Å². The van der Waals surface area contributed by atoms with E-state index in [4.69, 9.17) is 5.11 Å². The molecule has 0 aliphatic carbocycles. The number of aromatic carboxylic acids is 1. The zero-order chi connectivity index (χ0) is 16.1. The molecule has 0 spiro atoms. The SMILES string of the molecule is O=C(NNC(=O)c1ccccc1C(=O)O)c1ccc(F)cc1. The smallest absolute Gasteiger partial charge is 0.336 e. The summed E-state index contributed by atoms with van der Waals surface area (Å²) in [5, 5.41) is 8.99. The highest BCUT2D eigenvalue weighted by molar-refractivity contribution is 6.05. The highest BCUT2D eigenvalue weighted by Crippen LogP contribution is 2.08. The molecule has 0 heterocycles. The van der Waals surface area contributed by atoms with Crippen molar-refractivity contribution in [3.05, 3.63) is 71.0 Å². The molecule has 22 heavy (non-hydrogen) atoms. The van der Waals surface area contributed by atoms with Crippen LogP contribution in [0.1, 0.15) is 31.1 Å². The van der Waals surface area contributed by atoms with Gasteiger partial charge in [0.25, 0.3) is 11.8 Å². The van der Waals surface area contributed by atoms with Gasteiger partial charge >= 0.3 is 5.97 Å². The number of benzene rings is 2. The molecule has 2 amide bonds. The van der Waals surface area contributed by atoms with Gasteiger partial charge < -0.3 is 5.11 Å². The van der Waals surface area contributed by atoms with E-state index in [9.17, 15) is 18.8 Å². The summed E-state index contributed by atoms with van der Waals surface area (Å²) < 4.78 is 12.7. The molecule has 0 bridgehead atoms. The molecule has 0 aliphatic heterocycles. The maximum Gasteiger partial charge on any atom is 0.336 e. The maximum atomic E-state index is 12.7. The minimum atomic E-state index is -1.25. The number of nitrogens with one attached hydrogen (secondary N) is 2. The number of rotatable bonds is 3. The number of carbonyl (C=O) groups is 3. The summed E-state index contributed by atoms with van der Waals surface area (Å²) in [5.74, 6) is -3.17. The Bertz CT molecular complexity index is 729. The van der Waals surface area contributed by atoms with E-state index in [1.54, 1.807) is 0 Å². The van der Waals surface area contributed by atoms with Gasteiger partial charge in [0, 0.05) is 5.56 Å². The van der Waals surface area contributed by atoms with Crippen molar-refractivity contribution in [1.29, 1.82) is 0 Å². The second-order valence-electron chi connectivity index (χ2n) is 4.27. The molecule has 2 rings (SSSR count). The second-order valence-corrected chi connectivity index (χ2v) is 4.27. The van der Waals surface area contributed by atoms with Gasteiger partial charge in [0.15, 0.2) is 0 Å². The van der Waals surface area contributed by atoms with Gasteiger partial charge in [-0.3, -0.25) is 20.4 Å². The fourth-order valence-corrected chi connectivity index (χ4v) is 1.72. The summed E-state index contributed by atoms with van der Waals surface area (Å²) in [6.07, 6.45) is 0. The van der Waals surface area contributed by atoms with Gasteiger partial charge in [-0.15, -0.1) is 0 Å². The van der Waals surface area contributed by atoms with Crippen molar-refractivity contribution in [3.63, 3.8) is 0 Å². The molecular weight excluding hydrogens is 291 g/mol. The number of hydrogen-bond acceptors (Lipinski definition) is 3. The number of carboxylic acids is 1. The summed E-state index contributed by atoms with van der Waals surface area (Å²) in [6.45, 7) is 0. The van der Waals surface area contributed by atoms with Crippen LogP contribution in [0.2, 0.25) is 0 Å².